The Balaban J connectivity index is 1.70. The van der Waals surface area contributed by atoms with Crippen molar-refractivity contribution >= 4 is 35.7 Å². The summed E-state index contributed by atoms with van der Waals surface area (Å²) in [5.41, 5.74) is -1.78. The molecule has 0 amide bonds. The van der Waals surface area contributed by atoms with Gasteiger partial charge in [0.1, 0.15) is 0 Å². The Kier molecular flexibility index (Phi) is 10.9. The van der Waals surface area contributed by atoms with Gasteiger partial charge in [0.15, 0.2) is 46.5 Å². The van der Waals surface area contributed by atoms with Crippen molar-refractivity contribution in [3.05, 3.63) is 70.8 Å². The fourth-order valence-electron chi connectivity index (χ4n) is 2.60. The molecule has 2 aromatic rings. The van der Waals surface area contributed by atoms with E-state index in [1.165, 1.54) is 0 Å². The van der Waals surface area contributed by atoms with Gasteiger partial charge in [0.25, 0.3) is 0 Å². The first-order chi connectivity index (χ1) is 16.2. The van der Waals surface area contributed by atoms with Gasteiger partial charge < -0.3 is 9.47 Å². The molecule has 2 aromatic carbocycles. The molecule has 0 unspecified atom stereocenters. The Bertz CT molecular complexity index is 921. The van der Waals surface area contributed by atoms with E-state index in [1.54, 1.807) is 0 Å². The molecule has 0 aliphatic heterocycles. The van der Waals surface area contributed by atoms with Crippen molar-refractivity contribution in [2.45, 2.75) is 9.79 Å². The minimum atomic E-state index is -1.54. The molecule has 0 saturated carbocycles. The number of thioether (sulfide) groups is 2. The van der Waals surface area contributed by atoms with Crippen LogP contribution in [0.1, 0.15) is 11.1 Å². The van der Waals surface area contributed by atoms with Crippen LogP contribution in [0, 0.1) is 46.5 Å². The normalized spacial score (nSPS) is 11.2. The molecule has 2 rings (SSSR count). The monoisotopic (exact) mass is 530 g/mol. The average Bonchev–Trinajstić information content (AvgIpc) is 2.82. The molecule has 0 bridgehead atoms. The van der Waals surface area contributed by atoms with E-state index in [2.05, 4.69) is 13.2 Å². The molecule has 0 saturated heterocycles. The number of hydrogen-bond donors (Lipinski definition) is 0. The second kappa shape index (κ2) is 13.2. The molecule has 0 radical (unpaired) electrons. The molecular weight excluding hydrogens is 512 g/mol. The zero-order valence-corrected chi connectivity index (χ0v) is 19.1. The summed E-state index contributed by atoms with van der Waals surface area (Å²) in [5, 5.41) is 0. The molecule has 0 heterocycles. The van der Waals surface area contributed by atoms with E-state index in [9.17, 15) is 35.1 Å². The van der Waals surface area contributed by atoms with Crippen LogP contribution in [0.2, 0.25) is 0 Å². The van der Waals surface area contributed by atoms with Crippen LogP contribution in [0.25, 0.3) is 12.2 Å². The van der Waals surface area contributed by atoms with Crippen molar-refractivity contribution in [1.82, 2.24) is 0 Å². The predicted octanol–water partition coefficient (Wildman–Crippen LogP) is 7.00. The highest BCUT2D eigenvalue weighted by Crippen LogP contribution is 2.33. The molecular formula is C22H18F8O2S2. The minimum absolute atomic E-state index is 0.0214. The predicted molar refractivity (Wildman–Crippen MR) is 116 cm³/mol. The van der Waals surface area contributed by atoms with Crippen molar-refractivity contribution in [3.8, 4) is 0 Å². The second-order valence-electron chi connectivity index (χ2n) is 6.33. The first-order valence-electron chi connectivity index (χ1n) is 9.55. The summed E-state index contributed by atoms with van der Waals surface area (Å²) in [6, 6.07) is 0. The fourth-order valence-corrected chi connectivity index (χ4v) is 4.27. The lowest BCUT2D eigenvalue weighted by atomic mass is 10.2. The van der Waals surface area contributed by atoms with E-state index < -0.39 is 67.5 Å². The van der Waals surface area contributed by atoms with E-state index in [1.807, 2.05) is 0 Å². The van der Waals surface area contributed by atoms with Crippen molar-refractivity contribution in [2.75, 3.05) is 37.9 Å². The lowest BCUT2D eigenvalue weighted by Gasteiger charge is -2.10. The lowest BCUT2D eigenvalue weighted by Crippen LogP contribution is -2.09. The molecule has 0 aliphatic rings. The van der Waals surface area contributed by atoms with Gasteiger partial charge in [-0.25, -0.2) is 35.1 Å². The van der Waals surface area contributed by atoms with Gasteiger partial charge in [0.05, 0.1) is 47.3 Å². The summed E-state index contributed by atoms with van der Waals surface area (Å²) in [6.07, 6.45) is 1.35. The minimum Gasteiger partial charge on any atom is -0.378 e. The van der Waals surface area contributed by atoms with Crippen LogP contribution in [-0.4, -0.2) is 37.9 Å². The van der Waals surface area contributed by atoms with Crippen LogP contribution in [0.15, 0.2) is 22.9 Å². The third-order valence-electron chi connectivity index (χ3n) is 4.24. The first kappa shape index (κ1) is 28.2. The molecule has 0 fully saturated rings. The Labute approximate surface area is 199 Å². The summed E-state index contributed by atoms with van der Waals surface area (Å²) >= 11 is 1.05. The highest BCUT2D eigenvalue weighted by molar-refractivity contribution is 7.99. The van der Waals surface area contributed by atoms with Crippen molar-refractivity contribution in [3.63, 3.8) is 0 Å². The summed E-state index contributed by atoms with van der Waals surface area (Å²) < 4.78 is 121. The Morgan fingerprint density at radius 3 is 1.06 bits per heavy atom. The van der Waals surface area contributed by atoms with E-state index in [0.29, 0.717) is 35.7 Å². The van der Waals surface area contributed by atoms with Gasteiger partial charge in [-0.1, -0.05) is 25.3 Å². The molecule has 34 heavy (non-hydrogen) atoms. The van der Waals surface area contributed by atoms with Crippen LogP contribution in [0.3, 0.4) is 0 Å². The van der Waals surface area contributed by atoms with Crippen LogP contribution in [0.4, 0.5) is 35.1 Å². The van der Waals surface area contributed by atoms with Crippen molar-refractivity contribution in [1.29, 1.82) is 0 Å². The number of ether oxygens (including phenoxy) is 2. The fraction of sp³-hybridized carbons (Fsp3) is 0.273. The highest BCUT2D eigenvalue weighted by Gasteiger charge is 2.25. The van der Waals surface area contributed by atoms with Gasteiger partial charge >= 0.3 is 0 Å². The van der Waals surface area contributed by atoms with E-state index in [0.717, 1.165) is 0 Å². The zero-order chi connectivity index (χ0) is 25.4. The molecule has 0 atom stereocenters. The van der Waals surface area contributed by atoms with Gasteiger partial charge in [0.2, 0.25) is 0 Å². The third kappa shape index (κ3) is 6.35. The van der Waals surface area contributed by atoms with Crippen molar-refractivity contribution < 1.29 is 44.6 Å². The summed E-state index contributed by atoms with van der Waals surface area (Å²) in [7, 11) is 0. The van der Waals surface area contributed by atoms with Gasteiger partial charge in [0, 0.05) is 11.5 Å². The number of hydrogen-bond acceptors (Lipinski definition) is 4. The molecule has 0 spiro atoms. The van der Waals surface area contributed by atoms with Crippen LogP contribution < -0.4 is 0 Å². The average molecular weight is 531 g/mol. The molecule has 186 valence electrons. The Morgan fingerprint density at radius 2 is 0.794 bits per heavy atom. The maximum Gasteiger partial charge on any atom is 0.176 e. The van der Waals surface area contributed by atoms with Crippen LogP contribution in [0.5, 0.6) is 0 Å². The van der Waals surface area contributed by atoms with Gasteiger partial charge in [-0.2, -0.15) is 0 Å². The molecule has 0 N–H and O–H groups in total. The largest absolute Gasteiger partial charge is 0.378 e. The van der Waals surface area contributed by atoms with Gasteiger partial charge in [-0.3, -0.25) is 0 Å². The number of halogens is 8. The van der Waals surface area contributed by atoms with E-state index in [-0.39, 0.29) is 37.9 Å². The first-order valence-corrected chi connectivity index (χ1v) is 11.5. The molecule has 12 heteroatoms. The summed E-state index contributed by atoms with van der Waals surface area (Å²) in [5.74, 6) is -12.3. The van der Waals surface area contributed by atoms with Crippen molar-refractivity contribution in [2.24, 2.45) is 0 Å². The standard InChI is InChI=1S/C22H18F8O2S2/c1-3-11-13(23)17(27)21(18(28)14(11)24)33-9-7-31-5-6-32-8-10-34-22-19(29)15(25)12(4-2)16(26)20(22)30/h3-4H,1-2,5-10H2. The van der Waals surface area contributed by atoms with Gasteiger partial charge in [-0.15, -0.1) is 23.5 Å². The van der Waals surface area contributed by atoms with E-state index in [4.69, 9.17) is 9.47 Å². The Hall–Kier alpha value is -2.02. The smallest absolute Gasteiger partial charge is 0.176 e. The molecule has 0 aromatic heterocycles. The summed E-state index contributed by atoms with van der Waals surface area (Å²) in [4.78, 5) is -1.63. The topological polar surface area (TPSA) is 18.5 Å². The lowest BCUT2D eigenvalue weighted by molar-refractivity contribution is 0.0604. The number of rotatable bonds is 13. The van der Waals surface area contributed by atoms with Crippen LogP contribution >= 0.6 is 23.5 Å². The summed E-state index contributed by atoms with van der Waals surface area (Å²) in [6.45, 7) is 6.22. The second-order valence-corrected chi connectivity index (χ2v) is 8.54. The van der Waals surface area contributed by atoms with Crippen LogP contribution in [-0.2, 0) is 9.47 Å². The zero-order valence-electron chi connectivity index (χ0n) is 17.5. The highest BCUT2D eigenvalue weighted by atomic mass is 32.2. The Morgan fingerprint density at radius 1 is 0.500 bits per heavy atom. The van der Waals surface area contributed by atoms with E-state index >= 15 is 0 Å². The van der Waals surface area contributed by atoms with Gasteiger partial charge in [-0.05, 0) is 0 Å². The maximum atomic E-state index is 13.9. The SMILES string of the molecule is C=Cc1c(F)c(F)c(SCCOCCOCCSc2c(F)c(F)c(C=C)c(F)c2F)c(F)c1F. The number of benzene rings is 2. The molecule has 2 nitrogen and oxygen atoms in total. The quantitative estimate of drug-likeness (QED) is 0.120. The molecule has 0 aliphatic carbocycles. The third-order valence-corrected chi connectivity index (χ3v) is 6.28. The maximum absolute atomic E-state index is 13.9.